The van der Waals surface area contributed by atoms with Gasteiger partial charge >= 0.3 is 0 Å². The summed E-state index contributed by atoms with van der Waals surface area (Å²) < 4.78 is 1.94. The summed E-state index contributed by atoms with van der Waals surface area (Å²) in [6.45, 7) is 3.57. The molecule has 0 aliphatic carbocycles. The molecule has 0 amide bonds. The Hall–Kier alpha value is -1.35. The highest BCUT2D eigenvalue weighted by molar-refractivity contribution is 5.78. The number of aromatic nitrogens is 2. The second-order valence-corrected chi connectivity index (χ2v) is 3.08. The average Bonchev–Trinajstić information content (AvgIpc) is 2.58. The van der Waals surface area contributed by atoms with Gasteiger partial charge in [-0.2, -0.15) is 5.10 Å². The van der Waals surface area contributed by atoms with E-state index in [1.54, 1.807) is 0 Å². The van der Waals surface area contributed by atoms with Gasteiger partial charge in [-0.15, -0.1) is 0 Å². The topological polar surface area (TPSA) is 43.8 Å². The summed E-state index contributed by atoms with van der Waals surface area (Å²) >= 11 is 0. The normalized spacial score (nSPS) is 10.9. The smallest absolute Gasteiger partial charge is 0.0926 e. The molecule has 0 aliphatic rings. The van der Waals surface area contributed by atoms with Gasteiger partial charge in [0.1, 0.15) is 0 Å². The van der Waals surface area contributed by atoms with Crippen LogP contribution in [0.3, 0.4) is 0 Å². The first-order valence-electron chi connectivity index (χ1n) is 4.49. The summed E-state index contributed by atoms with van der Waals surface area (Å²) in [6.07, 6.45) is 2.05. The number of hydrogen-bond donors (Lipinski definition) is 1. The summed E-state index contributed by atoms with van der Waals surface area (Å²) in [7, 11) is 0. The molecule has 2 rings (SSSR count). The molecule has 1 aromatic carbocycles. The monoisotopic (exact) mass is 175 g/mol. The Kier molecular flexibility index (Phi) is 2.02. The van der Waals surface area contributed by atoms with Gasteiger partial charge in [0.05, 0.1) is 5.52 Å². The number of aryl methyl sites for hydroxylation is 1. The van der Waals surface area contributed by atoms with Crippen molar-refractivity contribution in [1.29, 1.82) is 0 Å². The van der Waals surface area contributed by atoms with Crippen LogP contribution in [0.25, 0.3) is 10.9 Å². The van der Waals surface area contributed by atoms with Crippen molar-refractivity contribution in [3.63, 3.8) is 0 Å². The standard InChI is InChI=1S/C10H13N3/c1-2-13-7-9-4-3-8(6-11)5-10(9)12-13/h3-5,7H,2,6,11H2,1H3. The van der Waals surface area contributed by atoms with Gasteiger partial charge in [-0.05, 0) is 18.6 Å². The first kappa shape index (κ1) is 8.26. The van der Waals surface area contributed by atoms with E-state index in [9.17, 15) is 0 Å². The Morgan fingerprint density at radius 2 is 2.31 bits per heavy atom. The molecule has 1 heterocycles. The molecule has 2 aromatic rings. The van der Waals surface area contributed by atoms with Crippen LogP contribution in [0.2, 0.25) is 0 Å². The van der Waals surface area contributed by atoms with E-state index in [4.69, 9.17) is 5.73 Å². The predicted octanol–water partition coefficient (Wildman–Crippen LogP) is 1.51. The highest BCUT2D eigenvalue weighted by Gasteiger charge is 1.99. The van der Waals surface area contributed by atoms with Gasteiger partial charge in [0.2, 0.25) is 0 Å². The van der Waals surface area contributed by atoms with Crippen LogP contribution in [0.15, 0.2) is 24.4 Å². The number of fused-ring (bicyclic) bond motifs is 1. The Labute approximate surface area is 77.2 Å². The van der Waals surface area contributed by atoms with Crippen LogP contribution in [-0.4, -0.2) is 9.78 Å². The van der Waals surface area contributed by atoms with E-state index in [0.29, 0.717) is 6.54 Å². The molecular weight excluding hydrogens is 162 g/mol. The van der Waals surface area contributed by atoms with E-state index >= 15 is 0 Å². The van der Waals surface area contributed by atoms with Crippen LogP contribution in [0, 0.1) is 0 Å². The van der Waals surface area contributed by atoms with Crippen LogP contribution in [0.4, 0.5) is 0 Å². The van der Waals surface area contributed by atoms with Crippen LogP contribution < -0.4 is 5.73 Å². The molecule has 0 spiro atoms. The number of benzene rings is 1. The zero-order valence-corrected chi connectivity index (χ0v) is 7.70. The zero-order chi connectivity index (χ0) is 9.26. The maximum absolute atomic E-state index is 5.55. The first-order valence-corrected chi connectivity index (χ1v) is 4.49. The molecule has 0 atom stereocenters. The lowest BCUT2D eigenvalue weighted by molar-refractivity contribution is 0.668. The van der Waals surface area contributed by atoms with Crippen molar-refractivity contribution in [3.05, 3.63) is 30.0 Å². The predicted molar refractivity (Wildman–Crippen MR) is 53.3 cm³/mol. The molecule has 0 unspecified atom stereocenters. The number of hydrogen-bond acceptors (Lipinski definition) is 2. The Balaban J connectivity index is 2.57. The van der Waals surface area contributed by atoms with E-state index in [1.165, 1.54) is 5.39 Å². The van der Waals surface area contributed by atoms with E-state index in [1.807, 2.05) is 16.8 Å². The van der Waals surface area contributed by atoms with Crippen molar-refractivity contribution >= 4 is 10.9 Å². The fraction of sp³-hybridized carbons (Fsp3) is 0.300. The molecule has 0 saturated heterocycles. The summed E-state index contributed by atoms with van der Waals surface area (Å²) in [5.74, 6) is 0. The van der Waals surface area contributed by atoms with Gasteiger partial charge in [-0.3, -0.25) is 4.68 Å². The molecule has 13 heavy (non-hydrogen) atoms. The highest BCUT2D eigenvalue weighted by atomic mass is 15.3. The van der Waals surface area contributed by atoms with Gasteiger partial charge < -0.3 is 5.73 Å². The van der Waals surface area contributed by atoms with Gasteiger partial charge in [0, 0.05) is 24.7 Å². The molecule has 3 heteroatoms. The minimum atomic E-state index is 0.578. The summed E-state index contributed by atoms with van der Waals surface area (Å²) in [5.41, 5.74) is 7.71. The molecular formula is C10H13N3. The van der Waals surface area contributed by atoms with Gasteiger partial charge in [-0.25, -0.2) is 0 Å². The molecule has 0 radical (unpaired) electrons. The average molecular weight is 175 g/mol. The van der Waals surface area contributed by atoms with Gasteiger partial charge in [-0.1, -0.05) is 12.1 Å². The fourth-order valence-electron chi connectivity index (χ4n) is 1.40. The van der Waals surface area contributed by atoms with Crippen LogP contribution in [-0.2, 0) is 13.1 Å². The van der Waals surface area contributed by atoms with E-state index in [0.717, 1.165) is 17.6 Å². The fourth-order valence-corrected chi connectivity index (χ4v) is 1.40. The zero-order valence-electron chi connectivity index (χ0n) is 7.70. The highest BCUT2D eigenvalue weighted by Crippen LogP contribution is 2.13. The molecule has 2 N–H and O–H groups in total. The maximum Gasteiger partial charge on any atom is 0.0926 e. The lowest BCUT2D eigenvalue weighted by atomic mass is 10.2. The molecule has 0 fully saturated rings. The van der Waals surface area contributed by atoms with E-state index in [2.05, 4.69) is 24.3 Å². The quantitative estimate of drug-likeness (QED) is 0.752. The molecule has 0 bridgehead atoms. The summed E-state index contributed by atoms with van der Waals surface area (Å²) in [6, 6.07) is 6.15. The lowest BCUT2D eigenvalue weighted by Gasteiger charge is -1.93. The molecule has 1 aromatic heterocycles. The van der Waals surface area contributed by atoms with Crippen molar-refractivity contribution in [2.45, 2.75) is 20.0 Å². The van der Waals surface area contributed by atoms with Crippen LogP contribution >= 0.6 is 0 Å². The molecule has 68 valence electrons. The number of nitrogens with zero attached hydrogens (tertiary/aromatic N) is 2. The maximum atomic E-state index is 5.55. The first-order chi connectivity index (χ1) is 6.33. The SMILES string of the molecule is CCn1cc2ccc(CN)cc2n1. The number of nitrogens with two attached hydrogens (primary N) is 1. The Bertz CT molecular complexity index is 415. The molecule has 0 saturated carbocycles. The van der Waals surface area contributed by atoms with E-state index < -0.39 is 0 Å². The third-order valence-corrected chi connectivity index (χ3v) is 2.18. The summed E-state index contributed by atoms with van der Waals surface area (Å²) in [4.78, 5) is 0. The van der Waals surface area contributed by atoms with Crippen molar-refractivity contribution in [2.75, 3.05) is 0 Å². The van der Waals surface area contributed by atoms with Crippen LogP contribution in [0.5, 0.6) is 0 Å². The van der Waals surface area contributed by atoms with Crippen molar-refractivity contribution in [3.8, 4) is 0 Å². The second kappa shape index (κ2) is 3.18. The van der Waals surface area contributed by atoms with E-state index in [-0.39, 0.29) is 0 Å². The third-order valence-electron chi connectivity index (χ3n) is 2.18. The minimum absolute atomic E-state index is 0.578. The van der Waals surface area contributed by atoms with Gasteiger partial charge in [0.15, 0.2) is 0 Å². The molecule has 3 nitrogen and oxygen atoms in total. The van der Waals surface area contributed by atoms with Crippen molar-refractivity contribution in [1.82, 2.24) is 9.78 Å². The Morgan fingerprint density at radius 3 is 3.00 bits per heavy atom. The number of rotatable bonds is 2. The largest absolute Gasteiger partial charge is 0.326 e. The van der Waals surface area contributed by atoms with Crippen molar-refractivity contribution < 1.29 is 0 Å². The minimum Gasteiger partial charge on any atom is -0.326 e. The third kappa shape index (κ3) is 1.42. The van der Waals surface area contributed by atoms with Crippen molar-refractivity contribution in [2.24, 2.45) is 5.73 Å². The second-order valence-electron chi connectivity index (χ2n) is 3.08. The van der Waals surface area contributed by atoms with Crippen LogP contribution in [0.1, 0.15) is 12.5 Å². The lowest BCUT2D eigenvalue weighted by Crippen LogP contribution is -1.95. The summed E-state index contributed by atoms with van der Waals surface area (Å²) in [5, 5.41) is 5.58. The van der Waals surface area contributed by atoms with Gasteiger partial charge in [0.25, 0.3) is 0 Å². The molecule has 0 aliphatic heterocycles. The Morgan fingerprint density at radius 1 is 1.46 bits per heavy atom.